The van der Waals surface area contributed by atoms with Gasteiger partial charge in [0.15, 0.2) is 6.10 Å². The predicted octanol–water partition coefficient (Wildman–Crippen LogP) is 2.10. The van der Waals surface area contributed by atoms with Crippen LogP contribution in [0.3, 0.4) is 0 Å². The van der Waals surface area contributed by atoms with Gasteiger partial charge in [0.25, 0.3) is 11.6 Å². The van der Waals surface area contributed by atoms with Crippen LogP contribution < -0.4 is 15.0 Å². The zero-order valence-corrected chi connectivity index (χ0v) is 11.2. The van der Waals surface area contributed by atoms with Crippen LogP contribution in [-0.2, 0) is 12.7 Å². The van der Waals surface area contributed by atoms with Crippen LogP contribution in [0.4, 0.5) is 13.2 Å². The first-order chi connectivity index (χ1) is 10.4. The van der Waals surface area contributed by atoms with Crippen molar-refractivity contribution in [2.24, 2.45) is 0 Å². The molecule has 1 aliphatic heterocycles. The van der Waals surface area contributed by atoms with Gasteiger partial charge in [0.1, 0.15) is 12.4 Å². The first kappa shape index (κ1) is 14.4. The number of benzene rings is 1. The highest BCUT2D eigenvalue weighted by molar-refractivity contribution is 5.28. The summed E-state index contributed by atoms with van der Waals surface area (Å²) in [5, 5.41) is 0. The molecule has 8 heteroatoms. The van der Waals surface area contributed by atoms with Gasteiger partial charge in [-0.2, -0.15) is 18.2 Å². The molecule has 0 spiro atoms. The van der Waals surface area contributed by atoms with Crippen LogP contribution in [0.15, 0.2) is 41.3 Å². The van der Waals surface area contributed by atoms with Crippen molar-refractivity contribution in [3.8, 4) is 11.8 Å². The third kappa shape index (κ3) is 3.05. The average molecular weight is 312 g/mol. The van der Waals surface area contributed by atoms with Gasteiger partial charge in [-0.25, -0.2) is 0 Å². The SMILES string of the molecule is O=c1ccn2c(n1)OC(COc1ccc(C(F)(F)F)cc1)C2. The first-order valence-electron chi connectivity index (χ1n) is 6.46. The molecular formula is C14H11F3N2O3. The number of ether oxygens (including phenoxy) is 2. The normalized spacial score (nSPS) is 17.0. The number of alkyl halides is 3. The molecule has 1 atom stereocenters. The number of aromatic nitrogens is 2. The minimum Gasteiger partial charge on any atom is -0.490 e. The van der Waals surface area contributed by atoms with E-state index in [0.717, 1.165) is 12.1 Å². The summed E-state index contributed by atoms with van der Waals surface area (Å²) in [4.78, 5) is 14.8. The molecule has 1 aromatic carbocycles. The topological polar surface area (TPSA) is 53.4 Å². The quantitative estimate of drug-likeness (QED) is 0.871. The fourth-order valence-electron chi connectivity index (χ4n) is 2.07. The number of hydrogen-bond acceptors (Lipinski definition) is 4. The summed E-state index contributed by atoms with van der Waals surface area (Å²) < 4.78 is 49.8. The van der Waals surface area contributed by atoms with E-state index in [9.17, 15) is 18.0 Å². The molecule has 2 heterocycles. The van der Waals surface area contributed by atoms with Crippen molar-refractivity contribution < 1.29 is 22.6 Å². The lowest BCUT2D eigenvalue weighted by Gasteiger charge is -2.12. The van der Waals surface area contributed by atoms with Crippen molar-refractivity contribution in [2.45, 2.75) is 18.8 Å². The molecule has 5 nitrogen and oxygen atoms in total. The Morgan fingerprint density at radius 1 is 1.27 bits per heavy atom. The Hall–Kier alpha value is -2.51. The number of rotatable bonds is 3. The van der Waals surface area contributed by atoms with E-state index in [0.29, 0.717) is 12.3 Å². The summed E-state index contributed by atoms with van der Waals surface area (Å²) in [6.45, 7) is 0.603. The third-order valence-corrected chi connectivity index (χ3v) is 3.14. The monoisotopic (exact) mass is 312 g/mol. The van der Waals surface area contributed by atoms with Crippen molar-refractivity contribution in [2.75, 3.05) is 6.61 Å². The summed E-state index contributed by atoms with van der Waals surface area (Å²) in [5.41, 5.74) is -1.12. The molecule has 1 aliphatic rings. The largest absolute Gasteiger partial charge is 0.490 e. The van der Waals surface area contributed by atoms with E-state index in [1.165, 1.54) is 18.2 Å². The van der Waals surface area contributed by atoms with Crippen LogP contribution in [0, 0.1) is 0 Å². The Labute approximate surface area is 122 Å². The fourth-order valence-corrected chi connectivity index (χ4v) is 2.07. The second kappa shape index (κ2) is 5.36. The molecule has 0 fully saturated rings. The molecule has 0 aliphatic carbocycles. The maximum absolute atomic E-state index is 12.4. The molecule has 0 saturated carbocycles. The second-order valence-electron chi connectivity index (χ2n) is 4.77. The van der Waals surface area contributed by atoms with Crippen LogP contribution >= 0.6 is 0 Å². The van der Waals surface area contributed by atoms with Crippen LogP contribution in [0.2, 0.25) is 0 Å². The summed E-state index contributed by atoms with van der Waals surface area (Å²) in [6, 6.07) is 5.97. The van der Waals surface area contributed by atoms with Gasteiger partial charge in [-0.3, -0.25) is 9.36 Å². The van der Waals surface area contributed by atoms with Crippen LogP contribution in [0.25, 0.3) is 0 Å². The van der Waals surface area contributed by atoms with Crippen molar-refractivity contribution in [1.82, 2.24) is 9.55 Å². The second-order valence-corrected chi connectivity index (χ2v) is 4.77. The highest BCUT2D eigenvalue weighted by Crippen LogP contribution is 2.30. The minimum atomic E-state index is -4.37. The average Bonchev–Trinajstić information content (AvgIpc) is 2.86. The first-order valence-corrected chi connectivity index (χ1v) is 6.46. The molecular weight excluding hydrogens is 301 g/mol. The lowest BCUT2D eigenvalue weighted by Crippen LogP contribution is -2.23. The highest BCUT2D eigenvalue weighted by Gasteiger charge is 2.30. The van der Waals surface area contributed by atoms with Crippen LogP contribution in [-0.4, -0.2) is 22.3 Å². The fraction of sp³-hybridized carbons (Fsp3) is 0.286. The summed E-state index contributed by atoms with van der Waals surface area (Å²) in [6.07, 6.45) is -3.15. The van der Waals surface area contributed by atoms with E-state index in [1.54, 1.807) is 10.8 Å². The van der Waals surface area contributed by atoms with Gasteiger partial charge >= 0.3 is 6.18 Å². The summed E-state index contributed by atoms with van der Waals surface area (Å²) in [7, 11) is 0. The van der Waals surface area contributed by atoms with E-state index < -0.39 is 17.3 Å². The lowest BCUT2D eigenvalue weighted by molar-refractivity contribution is -0.137. The molecule has 1 aromatic heterocycles. The van der Waals surface area contributed by atoms with E-state index >= 15 is 0 Å². The third-order valence-electron chi connectivity index (χ3n) is 3.14. The zero-order valence-electron chi connectivity index (χ0n) is 11.2. The van der Waals surface area contributed by atoms with Crippen molar-refractivity contribution in [3.63, 3.8) is 0 Å². The van der Waals surface area contributed by atoms with Crippen molar-refractivity contribution in [3.05, 3.63) is 52.4 Å². The number of nitrogens with zero attached hydrogens (tertiary/aromatic N) is 2. The maximum atomic E-state index is 12.4. The smallest absolute Gasteiger partial charge is 0.416 e. The number of hydrogen-bond donors (Lipinski definition) is 0. The molecule has 22 heavy (non-hydrogen) atoms. The molecule has 0 amide bonds. The van der Waals surface area contributed by atoms with Crippen molar-refractivity contribution in [1.29, 1.82) is 0 Å². The summed E-state index contributed by atoms with van der Waals surface area (Å²) >= 11 is 0. The van der Waals surface area contributed by atoms with Crippen molar-refractivity contribution >= 4 is 0 Å². The molecule has 0 N–H and O–H groups in total. The Kier molecular flexibility index (Phi) is 3.51. The van der Waals surface area contributed by atoms with Crippen LogP contribution in [0.1, 0.15) is 5.56 Å². The minimum absolute atomic E-state index is 0.142. The van der Waals surface area contributed by atoms with E-state index in [-0.39, 0.29) is 18.7 Å². The zero-order chi connectivity index (χ0) is 15.7. The van der Waals surface area contributed by atoms with Gasteiger partial charge in [0.2, 0.25) is 0 Å². The molecule has 0 radical (unpaired) electrons. The van der Waals surface area contributed by atoms with E-state index in [2.05, 4.69) is 4.98 Å². The van der Waals surface area contributed by atoms with Gasteiger partial charge in [0, 0.05) is 12.3 Å². The Morgan fingerprint density at radius 3 is 2.68 bits per heavy atom. The molecule has 3 rings (SSSR count). The molecule has 0 saturated heterocycles. The van der Waals surface area contributed by atoms with Gasteiger partial charge in [0.05, 0.1) is 12.1 Å². The van der Waals surface area contributed by atoms with Gasteiger partial charge in [-0.1, -0.05) is 0 Å². The Balaban J connectivity index is 1.59. The molecule has 2 aromatic rings. The molecule has 116 valence electrons. The van der Waals surface area contributed by atoms with E-state index in [1.807, 2.05) is 0 Å². The molecule has 0 bridgehead atoms. The lowest BCUT2D eigenvalue weighted by atomic mass is 10.2. The number of halogens is 3. The van der Waals surface area contributed by atoms with Gasteiger partial charge < -0.3 is 9.47 Å². The Bertz CT molecular complexity index is 725. The standard InChI is InChI=1S/C14H11F3N2O3/c15-14(16,17)9-1-3-10(4-2-9)21-8-11-7-19-6-5-12(20)18-13(19)22-11/h1-6,11H,7-8H2. The Morgan fingerprint density at radius 2 is 2.00 bits per heavy atom. The summed E-state index contributed by atoms with van der Waals surface area (Å²) in [5.74, 6) is 0.315. The predicted molar refractivity (Wildman–Crippen MR) is 69.9 cm³/mol. The molecule has 1 unspecified atom stereocenters. The van der Waals surface area contributed by atoms with E-state index in [4.69, 9.17) is 9.47 Å². The highest BCUT2D eigenvalue weighted by atomic mass is 19.4. The van der Waals surface area contributed by atoms with Crippen LogP contribution in [0.5, 0.6) is 11.8 Å². The number of fused-ring (bicyclic) bond motifs is 1. The van der Waals surface area contributed by atoms with Gasteiger partial charge in [-0.15, -0.1) is 0 Å². The maximum Gasteiger partial charge on any atom is 0.416 e. The van der Waals surface area contributed by atoms with Gasteiger partial charge in [-0.05, 0) is 24.3 Å².